The van der Waals surface area contributed by atoms with Crippen molar-refractivity contribution in [2.24, 2.45) is 7.05 Å². The predicted octanol–water partition coefficient (Wildman–Crippen LogP) is 5.30. The van der Waals surface area contributed by atoms with Crippen LogP contribution in [-0.4, -0.2) is 39.4 Å². The topological polar surface area (TPSA) is 65.7 Å². The summed E-state index contributed by atoms with van der Waals surface area (Å²) in [6.07, 6.45) is 2.29. The molecule has 0 fully saturated rings. The molecule has 3 heterocycles. The number of carbonyl (C=O) groups excluding carboxylic acids is 1. The van der Waals surface area contributed by atoms with E-state index < -0.39 is 5.60 Å². The van der Waals surface area contributed by atoms with E-state index in [4.69, 9.17) is 9.47 Å². The van der Waals surface area contributed by atoms with Crippen molar-refractivity contribution in [3.63, 3.8) is 0 Å². The summed E-state index contributed by atoms with van der Waals surface area (Å²) in [5, 5.41) is 1.16. The minimum absolute atomic E-state index is 0.0993. The van der Waals surface area contributed by atoms with Gasteiger partial charge in [-0.15, -0.1) is 0 Å². The molecule has 7 nitrogen and oxygen atoms in total. The summed E-state index contributed by atoms with van der Waals surface area (Å²) in [5.41, 5.74) is 5.38. The van der Waals surface area contributed by atoms with Crippen LogP contribution in [0.5, 0.6) is 5.75 Å². The molecule has 1 aliphatic rings. The van der Waals surface area contributed by atoms with E-state index in [0.29, 0.717) is 13.1 Å². The largest absolute Gasteiger partial charge is 0.497 e. The Morgan fingerprint density at radius 2 is 1.72 bits per heavy atom. The van der Waals surface area contributed by atoms with Crippen molar-refractivity contribution < 1.29 is 14.3 Å². The second kappa shape index (κ2) is 8.90. The number of rotatable bonds is 3. The van der Waals surface area contributed by atoms with Crippen molar-refractivity contribution in [2.75, 3.05) is 13.7 Å². The van der Waals surface area contributed by atoms with Crippen LogP contribution in [0.2, 0.25) is 0 Å². The van der Waals surface area contributed by atoms with Gasteiger partial charge in [-0.3, -0.25) is 9.36 Å². The van der Waals surface area contributed by atoms with Crippen molar-refractivity contribution in [1.82, 2.24) is 14.0 Å². The average molecular weight is 486 g/mol. The van der Waals surface area contributed by atoms with E-state index in [1.165, 1.54) is 5.56 Å². The smallest absolute Gasteiger partial charge is 0.410 e. The fourth-order valence-corrected chi connectivity index (χ4v) is 4.83. The van der Waals surface area contributed by atoms with Gasteiger partial charge in [-0.05, 0) is 74.2 Å². The third-order valence-corrected chi connectivity index (χ3v) is 6.67. The zero-order valence-corrected chi connectivity index (χ0v) is 21.4. The molecule has 7 heteroatoms. The van der Waals surface area contributed by atoms with E-state index in [9.17, 15) is 9.59 Å². The number of benzene rings is 2. The fourth-order valence-electron chi connectivity index (χ4n) is 4.83. The van der Waals surface area contributed by atoms with Crippen LogP contribution in [0, 0.1) is 0 Å². The average Bonchev–Trinajstić information content (AvgIpc) is 3.14. The summed E-state index contributed by atoms with van der Waals surface area (Å²) in [6, 6.07) is 17.4. The van der Waals surface area contributed by atoms with E-state index >= 15 is 0 Å². The molecule has 0 spiro atoms. The van der Waals surface area contributed by atoms with E-state index in [2.05, 4.69) is 10.6 Å². The molecule has 5 rings (SSSR count). The molecule has 0 radical (unpaired) electrons. The van der Waals surface area contributed by atoms with Crippen LogP contribution in [0.4, 0.5) is 4.79 Å². The van der Waals surface area contributed by atoms with Crippen molar-refractivity contribution in [2.45, 2.75) is 39.3 Å². The summed E-state index contributed by atoms with van der Waals surface area (Å²) >= 11 is 0. The monoisotopic (exact) mass is 485 g/mol. The SMILES string of the molecule is COc1ccc(-c2ccn(-c3ccc4c5c(n(C)c4c3)CN(C(=O)OC(C)(C)C)CC5)c(=O)c2)cc1. The van der Waals surface area contributed by atoms with Crippen LogP contribution < -0.4 is 10.3 Å². The molecule has 0 unspecified atom stereocenters. The quantitative estimate of drug-likeness (QED) is 0.395. The zero-order chi connectivity index (χ0) is 25.6. The van der Waals surface area contributed by atoms with Crippen molar-refractivity contribution in [1.29, 1.82) is 0 Å². The fraction of sp³-hybridized carbons (Fsp3) is 0.310. The Labute approximate surface area is 210 Å². The maximum absolute atomic E-state index is 13.1. The highest BCUT2D eigenvalue weighted by molar-refractivity contribution is 5.88. The minimum Gasteiger partial charge on any atom is -0.497 e. The van der Waals surface area contributed by atoms with Crippen LogP contribution in [-0.2, 0) is 24.8 Å². The number of pyridine rings is 1. The molecule has 36 heavy (non-hydrogen) atoms. The lowest BCUT2D eigenvalue weighted by molar-refractivity contribution is 0.0220. The lowest BCUT2D eigenvalue weighted by Crippen LogP contribution is -2.40. The lowest BCUT2D eigenvalue weighted by Gasteiger charge is -2.30. The Balaban J connectivity index is 1.46. The number of methoxy groups -OCH3 is 1. The van der Waals surface area contributed by atoms with E-state index in [-0.39, 0.29) is 11.7 Å². The first-order valence-electron chi connectivity index (χ1n) is 12.1. The van der Waals surface area contributed by atoms with Crippen LogP contribution in [0.3, 0.4) is 0 Å². The number of hydrogen-bond acceptors (Lipinski definition) is 4. The molecule has 0 atom stereocenters. The number of carbonyl (C=O) groups is 1. The Morgan fingerprint density at radius 3 is 2.39 bits per heavy atom. The molecular formula is C29H31N3O4. The normalized spacial score (nSPS) is 13.5. The van der Waals surface area contributed by atoms with Gasteiger partial charge >= 0.3 is 6.09 Å². The highest BCUT2D eigenvalue weighted by Gasteiger charge is 2.29. The highest BCUT2D eigenvalue weighted by Crippen LogP contribution is 2.32. The highest BCUT2D eigenvalue weighted by atomic mass is 16.6. The number of ether oxygens (including phenoxy) is 2. The number of aryl methyl sites for hydroxylation is 1. The van der Waals surface area contributed by atoms with Gasteiger partial charge in [0.05, 0.1) is 24.9 Å². The van der Waals surface area contributed by atoms with Gasteiger partial charge in [0.15, 0.2) is 0 Å². The van der Waals surface area contributed by atoms with Crippen LogP contribution >= 0.6 is 0 Å². The maximum Gasteiger partial charge on any atom is 0.410 e. The summed E-state index contributed by atoms with van der Waals surface area (Å²) in [4.78, 5) is 27.5. The number of amides is 1. The van der Waals surface area contributed by atoms with Crippen LogP contribution in [0.1, 0.15) is 32.0 Å². The van der Waals surface area contributed by atoms with E-state index in [1.807, 2.05) is 76.5 Å². The second-order valence-electron chi connectivity index (χ2n) is 10.2. The molecule has 0 saturated heterocycles. The van der Waals surface area contributed by atoms with Crippen molar-refractivity contribution >= 4 is 17.0 Å². The minimum atomic E-state index is -0.526. The summed E-state index contributed by atoms with van der Waals surface area (Å²) in [5.74, 6) is 0.778. The van der Waals surface area contributed by atoms with Gasteiger partial charge in [-0.25, -0.2) is 4.79 Å². The first-order valence-corrected chi connectivity index (χ1v) is 12.1. The Kier molecular flexibility index (Phi) is 5.86. The first-order chi connectivity index (χ1) is 17.1. The molecule has 0 bridgehead atoms. The van der Waals surface area contributed by atoms with Crippen molar-refractivity contribution in [3.8, 4) is 22.6 Å². The van der Waals surface area contributed by atoms with E-state index in [1.54, 1.807) is 22.6 Å². The molecule has 0 N–H and O–H groups in total. The Hall–Kier alpha value is -4.00. The number of fused-ring (bicyclic) bond motifs is 3. The molecule has 1 aliphatic heterocycles. The van der Waals surface area contributed by atoms with Gasteiger partial charge in [0.2, 0.25) is 0 Å². The third-order valence-electron chi connectivity index (χ3n) is 6.67. The van der Waals surface area contributed by atoms with E-state index in [0.717, 1.165) is 45.6 Å². The van der Waals surface area contributed by atoms with Gasteiger partial charge in [0.1, 0.15) is 11.4 Å². The Morgan fingerprint density at radius 1 is 0.972 bits per heavy atom. The molecular weight excluding hydrogens is 454 g/mol. The lowest BCUT2D eigenvalue weighted by atomic mass is 10.0. The molecule has 4 aromatic rings. The number of aromatic nitrogens is 2. The summed E-state index contributed by atoms with van der Waals surface area (Å²) in [7, 11) is 3.65. The van der Waals surface area contributed by atoms with Gasteiger partial charge in [-0.2, -0.15) is 0 Å². The van der Waals surface area contributed by atoms with Gasteiger partial charge in [0.25, 0.3) is 5.56 Å². The van der Waals surface area contributed by atoms with Gasteiger partial charge in [0, 0.05) is 36.9 Å². The first kappa shape index (κ1) is 23.7. The van der Waals surface area contributed by atoms with Gasteiger partial charge in [-0.1, -0.05) is 18.2 Å². The van der Waals surface area contributed by atoms with Crippen LogP contribution in [0.25, 0.3) is 27.7 Å². The molecule has 2 aromatic heterocycles. The molecule has 0 saturated carbocycles. The summed E-state index contributed by atoms with van der Waals surface area (Å²) in [6.45, 7) is 6.76. The molecule has 0 aliphatic carbocycles. The van der Waals surface area contributed by atoms with Crippen LogP contribution in [0.15, 0.2) is 65.6 Å². The Bertz CT molecular complexity index is 1510. The molecule has 1 amide bonds. The maximum atomic E-state index is 13.1. The predicted molar refractivity (Wildman–Crippen MR) is 141 cm³/mol. The number of nitrogens with zero attached hydrogens (tertiary/aromatic N) is 3. The molecule has 186 valence electrons. The molecule has 2 aromatic carbocycles. The van der Waals surface area contributed by atoms with Gasteiger partial charge < -0.3 is 18.9 Å². The standard InChI is InChI=1S/C29H31N3O4/c1-29(2,3)36-28(34)31-14-13-24-23-11-8-21(17-25(23)30(4)26(24)18-31)32-15-12-20(16-27(32)33)19-6-9-22(35-5)10-7-19/h6-12,15-17H,13-14,18H2,1-5H3. The second-order valence-corrected chi connectivity index (χ2v) is 10.2. The number of hydrogen-bond donors (Lipinski definition) is 0. The third kappa shape index (κ3) is 4.37. The van der Waals surface area contributed by atoms with Crippen molar-refractivity contribution in [3.05, 3.63) is 82.4 Å². The zero-order valence-electron chi connectivity index (χ0n) is 21.4. The summed E-state index contributed by atoms with van der Waals surface area (Å²) < 4.78 is 14.6.